The minimum absolute atomic E-state index is 0.00229. The number of benzene rings is 1. The van der Waals surface area contributed by atoms with Crippen LogP contribution in [0.2, 0.25) is 0 Å². The molecule has 2 aliphatic rings. The molecule has 0 atom stereocenters. The van der Waals surface area contributed by atoms with E-state index in [9.17, 15) is 14.4 Å². The van der Waals surface area contributed by atoms with Crippen LogP contribution in [0.3, 0.4) is 0 Å². The van der Waals surface area contributed by atoms with Crippen molar-refractivity contribution in [3.05, 3.63) is 56.7 Å². The molecule has 0 spiro atoms. The Bertz CT molecular complexity index is 1230. The van der Waals surface area contributed by atoms with Gasteiger partial charge in [-0.2, -0.15) is 0 Å². The van der Waals surface area contributed by atoms with Gasteiger partial charge in [-0.05, 0) is 49.7 Å². The van der Waals surface area contributed by atoms with Crippen molar-refractivity contribution >= 4 is 45.1 Å². The summed E-state index contributed by atoms with van der Waals surface area (Å²) in [6.07, 6.45) is 6.08. The molecule has 2 aromatic heterocycles. The molecule has 8 heteroatoms. The first-order chi connectivity index (χ1) is 15.6. The maximum absolute atomic E-state index is 13.6. The molecule has 2 amide bonds. The molecule has 0 unspecified atom stereocenters. The van der Waals surface area contributed by atoms with Crippen LogP contribution in [0.5, 0.6) is 0 Å². The topological polar surface area (TPSA) is 72.3 Å². The largest absolute Gasteiger partial charge is 0.287 e. The molecule has 0 N–H and O–H groups in total. The van der Waals surface area contributed by atoms with Crippen LogP contribution < -0.4 is 5.56 Å². The van der Waals surface area contributed by atoms with Crippen molar-refractivity contribution in [2.24, 2.45) is 0 Å². The highest BCUT2D eigenvalue weighted by atomic mass is 32.2. The number of imide groups is 1. The zero-order chi connectivity index (χ0) is 22.1. The van der Waals surface area contributed by atoms with Gasteiger partial charge in [0.05, 0.1) is 11.1 Å². The summed E-state index contributed by atoms with van der Waals surface area (Å²) in [4.78, 5) is 46.4. The lowest BCUT2D eigenvalue weighted by Crippen LogP contribution is -2.33. The van der Waals surface area contributed by atoms with E-state index < -0.39 is 0 Å². The normalized spacial score (nSPS) is 16.0. The summed E-state index contributed by atoms with van der Waals surface area (Å²) in [5, 5.41) is 1.33. The van der Waals surface area contributed by atoms with Crippen LogP contribution >= 0.6 is 23.1 Å². The van der Waals surface area contributed by atoms with Crippen molar-refractivity contribution in [3.8, 4) is 0 Å². The van der Waals surface area contributed by atoms with Gasteiger partial charge >= 0.3 is 0 Å². The van der Waals surface area contributed by atoms with E-state index >= 15 is 0 Å². The number of carbonyl (C=O) groups excluding carboxylic acids is 2. The number of rotatable bonds is 6. The Balaban J connectivity index is 1.48. The summed E-state index contributed by atoms with van der Waals surface area (Å²) < 4.78 is 1.74. The number of amides is 2. The fourth-order valence-electron chi connectivity index (χ4n) is 4.53. The van der Waals surface area contributed by atoms with E-state index in [1.807, 2.05) is 18.2 Å². The van der Waals surface area contributed by atoms with Gasteiger partial charge in [-0.15, -0.1) is 11.3 Å². The maximum atomic E-state index is 13.6. The monoisotopic (exact) mass is 467 g/mol. The van der Waals surface area contributed by atoms with Gasteiger partial charge in [-0.3, -0.25) is 23.9 Å². The number of hydrogen-bond acceptors (Lipinski definition) is 6. The molecule has 0 saturated carbocycles. The minimum Gasteiger partial charge on any atom is -0.287 e. The molecule has 6 nitrogen and oxygen atoms in total. The van der Waals surface area contributed by atoms with Gasteiger partial charge < -0.3 is 0 Å². The molecule has 3 heterocycles. The average molecular weight is 468 g/mol. The van der Waals surface area contributed by atoms with Crippen molar-refractivity contribution in [2.75, 3.05) is 12.3 Å². The van der Waals surface area contributed by atoms with Crippen LogP contribution in [0.1, 0.15) is 41.7 Å². The van der Waals surface area contributed by atoms with Crippen molar-refractivity contribution in [1.82, 2.24) is 14.5 Å². The second-order valence-corrected chi connectivity index (χ2v) is 10.3. The Morgan fingerprint density at radius 1 is 1.06 bits per heavy atom. The number of nitrogens with zero attached hydrogens (tertiary/aromatic N) is 3. The predicted octanol–water partition coefficient (Wildman–Crippen LogP) is 3.82. The third-order valence-electron chi connectivity index (χ3n) is 6.21. The first kappa shape index (κ1) is 21.4. The number of carbonyl (C=O) groups is 2. The molecule has 0 radical (unpaired) electrons. The molecule has 1 aliphatic carbocycles. The molecular weight excluding hydrogens is 442 g/mol. The minimum atomic E-state index is -0.202. The van der Waals surface area contributed by atoms with Crippen LogP contribution in [0.4, 0.5) is 0 Å². The molecule has 1 fully saturated rings. The smallest absolute Gasteiger partial charge is 0.263 e. The Morgan fingerprint density at radius 3 is 2.66 bits per heavy atom. The lowest BCUT2D eigenvalue weighted by Gasteiger charge is -2.15. The summed E-state index contributed by atoms with van der Waals surface area (Å²) in [6, 6.07) is 10.1. The van der Waals surface area contributed by atoms with E-state index in [1.54, 1.807) is 15.9 Å². The Labute approximate surface area is 194 Å². The Hall–Kier alpha value is -2.45. The molecule has 5 rings (SSSR count). The highest BCUT2D eigenvalue weighted by Crippen LogP contribution is 2.34. The summed E-state index contributed by atoms with van der Waals surface area (Å²) in [7, 11) is 0. The molecule has 32 heavy (non-hydrogen) atoms. The highest BCUT2D eigenvalue weighted by Gasteiger charge is 2.27. The Morgan fingerprint density at radius 2 is 1.88 bits per heavy atom. The molecule has 1 aromatic carbocycles. The summed E-state index contributed by atoms with van der Waals surface area (Å²) >= 11 is 2.89. The number of aryl methyl sites for hydroxylation is 3. The lowest BCUT2D eigenvalue weighted by atomic mass is 9.97. The van der Waals surface area contributed by atoms with Crippen molar-refractivity contribution in [1.29, 1.82) is 0 Å². The highest BCUT2D eigenvalue weighted by molar-refractivity contribution is 7.99. The molecule has 166 valence electrons. The third kappa shape index (κ3) is 4.13. The lowest BCUT2D eigenvalue weighted by molar-refractivity contribution is -0.140. The number of thiophene rings is 1. The summed E-state index contributed by atoms with van der Waals surface area (Å²) in [5.41, 5.74) is 2.33. The first-order valence-corrected chi connectivity index (χ1v) is 13.0. The SMILES string of the molecule is O=C1CCCN1C(=O)CSc1nc2sc3c(c2c(=O)n1CCc1ccccc1)CCCC3. The standard InChI is InChI=1S/C24H25N3O3S2/c28-19-11-6-13-26(19)20(29)15-31-24-25-22-21(17-9-4-5-10-18(17)32-22)23(30)27(24)14-12-16-7-2-1-3-8-16/h1-3,7-8H,4-6,9-15H2. The predicted molar refractivity (Wildman–Crippen MR) is 127 cm³/mol. The fraction of sp³-hybridized carbons (Fsp3) is 0.417. The van der Waals surface area contributed by atoms with Crippen LogP contribution in [0.15, 0.2) is 40.3 Å². The molecule has 3 aromatic rings. The van der Waals surface area contributed by atoms with Gasteiger partial charge in [-0.25, -0.2) is 4.98 Å². The van der Waals surface area contributed by atoms with E-state index in [2.05, 4.69) is 12.1 Å². The van der Waals surface area contributed by atoms with Crippen LogP contribution in [-0.4, -0.2) is 38.6 Å². The van der Waals surface area contributed by atoms with E-state index in [0.29, 0.717) is 31.1 Å². The zero-order valence-corrected chi connectivity index (χ0v) is 19.5. The van der Waals surface area contributed by atoms with E-state index in [-0.39, 0.29) is 23.1 Å². The van der Waals surface area contributed by atoms with Gasteiger partial charge in [0.1, 0.15) is 4.83 Å². The van der Waals surface area contributed by atoms with Crippen LogP contribution in [0.25, 0.3) is 10.2 Å². The third-order valence-corrected chi connectivity index (χ3v) is 8.35. The van der Waals surface area contributed by atoms with Gasteiger partial charge in [0.25, 0.3) is 5.56 Å². The Kier molecular flexibility index (Phi) is 6.15. The van der Waals surface area contributed by atoms with Gasteiger partial charge in [-0.1, -0.05) is 42.1 Å². The van der Waals surface area contributed by atoms with Crippen LogP contribution in [0, 0.1) is 0 Å². The molecule has 1 aliphatic heterocycles. The van der Waals surface area contributed by atoms with E-state index in [1.165, 1.54) is 27.1 Å². The molecule has 1 saturated heterocycles. The molecule has 0 bridgehead atoms. The second kappa shape index (κ2) is 9.19. The maximum Gasteiger partial charge on any atom is 0.263 e. The number of hydrogen-bond donors (Lipinski definition) is 0. The summed E-state index contributed by atoms with van der Waals surface area (Å²) in [6.45, 7) is 0.999. The van der Waals surface area contributed by atoms with Crippen molar-refractivity contribution in [2.45, 2.75) is 56.6 Å². The van der Waals surface area contributed by atoms with Gasteiger partial charge in [0.2, 0.25) is 11.8 Å². The zero-order valence-electron chi connectivity index (χ0n) is 17.8. The number of thioether (sulfide) groups is 1. The van der Waals surface area contributed by atoms with Crippen LogP contribution in [-0.2, 0) is 35.4 Å². The van der Waals surface area contributed by atoms with E-state index in [4.69, 9.17) is 4.98 Å². The van der Waals surface area contributed by atoms with Crippen molar-refractivity contribution in [3.63, 3.8) is 0 Å². The first-order valence-electron chi connectivity index (χ1n) is 11.2. The number of likely N-dealkylation sites (tertiary alicyclic amines) is 1. The number of aromatic nitrogens is 2. The summed E-state index contributed by atoms with van der Waals surface area (Å²) in [5.74, 6) is -0.196. The van der Waals surface area contributed by atoms with Gasteiger partial charge in [0, 0.05) is 24.4 Å². The fourth-order valence-corrected chi connectivity index (χ4v) is 6.73. The second-order valence-electron chi connectivity index (χ2n) is 8.31. The van der Waals surface area contributed by atoms with E-state index in [0.717, 1.165) is 47.9 Å². The molecular formula is C24H25N3O3S2. The van der Waals surface area contributed by atoms with Crippen molar-refractivity contribution < 1.29 is 9.59 Å². The quantitative estimate of drug-likeness (QED) is 0.407. The van der Waals surface area contributed by atoms with Gasteiger partial charge in [0.15, 0.2) is 5.16 Å². The average Bonchev–Trinajstić information content (AvgIpc) is 3.40. The number of fused-ring (bicyclic) bond motifs is 3.